The number of anilines is 1. The summed E-state index contributed by atoms with van der Waals surface area (Å²) in [6.07, 6.45) is 11.0. The molecule has 0 unspecified atom stereocenters. The molecule has 2 N–H and O–H groups in total. The van der Waals surface area contributed by atoms with Crippen molar-refractivity contribution in [2.45, 2.75) is 44.6 Å². The molecule has 1 aliphatic rings. The highest BCUT2D eigenvalue weighted by molar-refractivity contribution is 6.13. The van der Waals surface area contributed by atoms with Gasteiger partial charge in [0, 0.05) is 30.2 Å². The van der Waals surface area contributed by atoms with E-state index in [9.17, 15) is 9.90 Å². The summed E-state index contributed by atoms with van der Waals surface area (Å²) in [5.74, 6) is 0.0694. The number of hydrogen-bond donors (Lipinski definition) is 2. The number of carbonyl (C=O) groups is 1. The second-order valence-corrected chi connectivity index (χ2v) is 7.28. The smallest absolute Gasteiger partial charge is 0.262 e. The zero-order valence-corrected chi connectivity index (χ0v) is 15.4. The lowest BCUT2D eigenvalue weighted by molar-refractivity contribution is 0.0106. The second-order valence-electron chi connectivity index (χ2n) is 7.28. The van der Waals surface area contributed by atoms with Gasteiger partial charge in [-0.05, 0) is 37.5 Å². The van der Waals surface area contributed by atoms with Gasteiger partial charge in [0.15, 0.2) is 0 Å². The molecule has 0 saturated heterocycles. The lowest BCUT2D eigenvalue weighted by atomic mass is 9.84. The van der Waals surface area contributed by atoms with Gasteiger partial charge >= 0.3 is 0 Å². The van der Waals surface area contributed by atoms with E-state index in [2.05, 4.69) is 19.9 Å². The summed E-state index contributed by atoms with van der Waals surface area (Å²) in [6.45, 7) is 2.13. The SMILES string of the molecule is Cc1ccnc2[nH]cc(C(=O)N(CC3(O)CCCCC3)c3ncccn3)c12. The molecule has 0 spiro atoms. The lowest BCUT2D eigenvalue weighted by Crippen LogP contribution is -2.47. The standard InChI is InChI=1S/C20H23N5O2/c1-14-6-11-21-17-16(14)15(12-24-17)18(26)25(19-22-9-5-10-23-19)13-20(27)7-3-2-4-8-20/h5-6,9-12,27H,2-4,7-8,13H2,1H3,(H,21,24). The summed E-state index contributed by atoms with van der Waals surface area (Å²) in [7, 11) is 0. The van der Waals surface area contributed by atoms with Crippen LogP contribution in [0.4, 0.5) is 5.95 Å². The highest BCUT2D eigenvalue weighted by Gasteiger charge is 2.35. The first kappa shape index (κ1) is 17.6. The van der Waals surface area contributed by atoms with Crippen molar-refractivity contribution in [2.75, 3.05) is 11.4 Å². The molecule has 0 aromatic carbocycles. The summed E-state index contributed by atoms with van der Waals surface area (Å²) in [6, 6.07) is 3.59. The van der Waals surface area contributed by atoms with E-state index in [1.807, 2.05) is 13.0 Å². The number of fused-ring (bicyclic) bond motifs is 1. The zero-order valence-electron chi connectivity index (χ0n) is 15.4. The van der Waals surface area contributed by atoms with Gasteiger partial charge in [0.25, 0.3) is 5.91 Å². The molecular weight excluding hydrogens is 342 g/mol. The molecule has 4 rings (SSSR count). The molecule has 0 aliphatic heterocycles. The molecule has 27 heavy (non-hydrogen) atoms. The molecule has 3 heterocycles. The average Bonchev–Trinajstić information content (AvgIpc) is 3.12. The first-order valence-corrected chi connectivity index (χ1v) is 9.31. The minimum Gasteiger partial charge on any atom is -0.388 e. The topological polar surface area (TPSA) is 95.0 Å². The summed E-state index contributed by atoms with van der Waals surface area (Å²) in [5.41, 5.74) is 1.24. The van der Waals surface area contributed by atoms with Crippen LogP contribution in [-0.2, 0) is 0 Å². The number of aryl methyl sites for hydroxylation is 1. The highest BCUT2D eigenvalue weighted by atomic mass is 16.3. The number of H-pyrrole nitrogens is 1. The van der Waals surface area contributed by atoms with Crippen LogP contribution in [0.2, 0.25) is 0 Å². The van der Waals surface area contributed by atoms with Crippen LogP contribution < -0.4 is 4.90 Å². The van der Waals surface area contributed by atoms with Crippen LogP contribution in [-0.4, -0.2) is 43.1 Å². The molecule has 7 nitrogen and oxygen atoms in total. The number of carbonyl (C=O) groups excluding carboxylic acids is 1. The Labute approximate surface area is 157 Å². The Hall–Kier alpha value is -2.80. The Morgan fingerprint density at radius 3 is 2.67 bits per heavy atom. The van der Waals surface area contributed by atoms with Gasteiger partial charge in [-0.25, -0.2) is 15.0 Å². The number of rotatable bonds is 4. The molecule has 1 saturated carbocycles. The van der Waals surface area contributed by atoms with Gasteiger partial charge in [0.05, 0.1) is 17.7 Å². The van der Waals surface area contributed by atoms with Gasteiger partial charge in [-0.15, -0.1) is 0 Å². The van der Waals surface area contributed by atoms with Gasteiger partial charge in [-0.2, -0.15) is 0 Å². The van der Waals surface area contributed by atoms with Gasteiger partial charge < -0.3 is 10.1 Å². The molecule has 7 heteroatoms. The molecular formula is C20H23N5O2. The predicted octanol–water partition coefficient (Wildman–Crippen LogP) is 3.00. The maximum absolute atomic E-state index is 13.5. The van der Waals surface area contributed by atoms with E-state index >= 15 is 0 Å². The van der Waals surface area contributed by atoms with Gasteiger partial charge in [0.1, 0.15) is 5.65 Å². The normalized spacial score (nSPS) is 16.4. The zero-order chi connectivity index (χ0) is 18.9. The van der Waals surface area contributed by atoms with Crippen molar-refractivity contribution in [3.63, 3.8) is 0 Å². The molecule has 140 valence electrons. The van der Waals surface area contributed by atoms with Crippen molar-refractivity contribution in [1.29, 1.82) is 0 Å². The van der Waals surface area contributed by atoms with E-state index in [1.165, 1.54) is 4.90 Å². The van der Waals surface area contributed by atoms with Crippen molar-refractivity contribution in [3.05, 3.63) is 48.0 Å². The molecule has 1 amide bonds. The number of aliphatic hydroxyl groups is 1. The fourth-order valence-electron chi connectivity index (χ4n) is 3.86. The number of hydrogen-bond acceptors (Lipinski definition) is 5. The summed E-state index contributed by atoms with van der Waals surface area (Å²) >= 11 is 0. The molecule has 0 atom stereocenters. The van der Waals surface area contributed by atoms with Crippen molar-refractivity contribution in [2.24, 2.45) is 0 Å². The third kappa shape index (κ3) is 3.42. The van der Waals surface area contributed by atoms with Crippen molar-refractivity contribution >= 4 is 22.9 Å². The van der Waals surface area contributed by atoms with Crippen LogP contribution in [0.1, 0.15) is 48.0 Å². The van der Waals surface area contributed by atoms with E-state index in [0.717, 1.165) is 30.2 Å². The van der Waals surface area contributed by atoms with E-state index in [4.69, 9.17) is 0 Å². The molecule has 3 aromatic heterocycles. The molecule has 1 fully saturated rings. The molecule has 3 aromatic rings. The largest absolute Gasteiger partial charge is 0.388 e. The number of pyridine rings is 1. The van der Waals surface area contributed by atoms with Crippen LogP contribution in [0.25, 0.3) is 11.0 Å². The van der Waals surface area contributed by atoms with E-state index in [1.54, 1.807) is 30.9 Å². The Balaban J connectivity index is 1.74. The minimum absolute atomic E-state index is 0.182. The Bertz CT molecular complexity index is 947. The van der Waals surface area contributed by atoms with Crippen molar-refractivity contribution in [3.8, 4) is 0 Å². The van der Waals surface area contributed by atoms with Crippen molar-refractivity contribution < 1.29 is 9.90 Å². The number of nitrogens with zero attached hydrogens (tertiary/aromatic N) is 4. The number of nitrogens with one attached hydrogen (secondary N) is 1. The molecule has 1 aliphatic carbocycles. The summed E-state index contributed by atoms with van der Waals surface area (Å²) in [5, 5.41) is 11.8. The van der Waals surface area contributed by atoms with Gasteiger partial charge in [-0.1, -0.05) is 19.3 Å². The van der Waals surface area contributed by atoms with Crippen molar-refractivity contribution in [1.82, 2.24) is 19.9 Å². The third-order valence-corrected chi connectivity index (χ3v) is 5.29. The van der Waals surface area contributed by atoms with Crippen LogP contribution in [0, 0.1) is 6.92 Å². The highest BCUT2D eigenvalue weighted by Crippen LogP contribution is 2.31. The van der Waals surface area contributed by atoms with E-state index in [-0.39, 0.29) is 12.5 Å². The van der Waals surface area contributed by atoms with Crippen LogP contribution in [0.15, 0.2) is 36.9 Å². The Morgan fingerprint density at radius 2 is 1.93 bits per heavy atom. The fraction of sp³-hybridized carbons (Fsp3) is 0.400. The molecule has 0 radical (unpaired) electrons. The van der Waals surface area contributed by atoms with Crippen LogP contribution in [0.5, 0.6) is 0 Å². The number of aromatic nitrogens is 4. The maximum atomic E-state index is 13.5. The Morgan fingerprint density at radius 1 is 1.19 bits per heavy atom. The van der Waals surface area contributed by atoms with Crippen LogP contribution in [0.3, 0.4) is 0 Å². The average molecular weight is 365 g/mol. The lowest BCUT2D eigenvalue weighted by Gasteiger charge is -2.36. The minimum atomic E-state index is -0.910. The first-order valence-electron chi connectivity index (χ1n) is 9.31. The van der Waals surface area contributed by atoms with E-state index in [0.29, 0.717) is 30.0 Å². The number of aromatic amines is 1. The fourth-order valence-corrected chi connectivity index (χ4v) is 3.86. The Kier molecular flexibility index (Phi) is 4.61. The second kappa shape index (κ2) is 7.08. The monoisotopic (exact) mass is 365 g/mol. The number of amides is 1. The third-order valence-electron chi connectivity index (χ3n) is 5.29. The predicted molar refractivity (Wildman–Crippen MR) is 103 cm³/mol. The quantitative estimate of drug-likeness (QED) is 0.741. The first-order chi connectivity index (χ1) is 13.1. The van der Waals surface area contributed by atoms with Gasteiger partial charge in [-0.3, -0.25) is 9.69 Å². The maximum Gasteiger partial charge on any atom is 0.262 e. The van der Waals surface area contributed by atoms with Crippen LogP contribution >= 0.6 is 0 Å². The summed E-state index contributed by atoms with van der Waals surface area (Å²) < 4.78 is 0. The molecule has 0 bridgehead atoms. The van der Waals surface area contributed by atoms with E-state index < -0.39 is 5.60 Å². The summed E-state index contributed by atoms with van der Waals surface area (Å²) in [4.78, 5) is 30.9. The van der Waals surface area contributed by atoms with Gasteiger partial charge in [0.2, 0.25) is 5.95 Å².